The molecule has 110 valence electrons. The van der Waals surface area contributed by atoms with Crippen molar-refractivity contribution in [2.24, 2.45) is 5.73 Å². The van der Waals surface area contributed by atoms with E-state index in [1.807, 2.05) is 0 Å². The van der Waals surface area contributed by atoms with Crippen molar-refractivity contribution in [2.75, 3.05) is 12.9 Å². The number of carbonyl (C=O) groups is 1. The van der Waals surface area contributed by atoms with Gasteiger partial charge in [-0.15, -0.1) is 0 Å². The van der Waals surface area contributed by atoms with Gasteiger partial charge in [0.1, 0.15) is 11.4 Å². The Hall–Kier alpha value is -1.47. The van der Waals surface area contributed by atoms with E-state index in [9.17, 15) is 17.6 Å². The Bertz CT molecular complexity index is 646. The molecule has 1 aromatic carbocycles. The highest BCUT2D eigenvalue weighted by molar-refractivity contribution is 7.91. The normalized spacial score (nSPS) is 29.0. The van der Waals surface area contributed by atoms with Crippen molar-refractivity contribution in [3.05, 3.63) is 35.6 Å². The van der Waals surface area contributed by atoms with Gasteiger partial charge in [-0.2, -0.15) is 0 Å². The zero-order valence-electron chi connectivity index (χ0n) is 11.2. The molecule has 7 heteroatoms. The van der Waals surface area contributed by atoms with E-state index < -0.39 is 38.3 Å². The largest absolute Gasteiger partial charge is 0.465 e. The lowest BCUT2D eigenvalue weighted by atomic mass is 10.1. The highest BCUT2D eigenvalue weighted by Crippen LogP contribution is 2.54. The second-order valence-corrected chi connectivity index (χ2v) is 7.10. The van der Waals surface area contributed by atoms with Gasteiger partial charge < -0.3 is 10.5 Å². The van der Waals surface area contributed by atoms with Crippen LogP contribution >= 0.6 is 0 Å². The second-order valence-electron chi connectivity index (χ2n) is 4.94. The maximum atomic E-state index is 13.3. The second kappa shape index (κ2) is 4.82. The van der Waals surface area contributed by atoms with Crippen LogP contribution in [-0.2, 0) is 19.4 Å². The summed E-state index contributed by atoms with van der Waals surface area (Å²) in [5, 5.41) is -1.09. The van der Waals surface area contributed by atoms with Gasteiger partial charge in [-0.3, -0.25) is 0 Å². The first-order valence-electron chi connectivity index (χ1n) is 6.13. The van der Waals surface area contributed by atoms with Crippen LogP contribution in [0.4, 0.5) is 4.39 Å². The Balaban J connectivity index is 2.44. The molecule has 0 radical (unpaired) electrons. The molecule has 1 aromatic rings. The van der Waals surface area contributed by atoms with Crippen LogP contribution in [0.5, 0.6) is 0 Å². The van der Waals surface area contributed by atoms with Crippen LogP contribution in [0.15, 0.2) is 24.3 Å². The van der Waals surface area contributed by atoms with Crippen LogP contribution in [-0.4, -0.2) is 38.0 Å². The van der Waals surface area contributed by atoms with Crippen molar-refractivity contribution in [3.63, 3.8) is 0 Å². The van der Waals surface area contributed by atoms with Crippen molar-refractivity contribution in [3.8, 4) is 0 Å². The van der Waals surface area contributed by atoms with Crippen LogP contribution in [0.3, 0.4) is 0 Å². The van der Waals surface area contributed by atoms with Crippen LogP contribution in [0, 0.1) is 5.82 Å². The number of hydrogen-bond donors (Lipinski definition) is 1. The SMILES string of the molecule is CCOC(=O)[C@@]1(N)[C@@H](c2cccc(F)c2)[C@@H]1S(C)(=O)=O. The summed E-state index contributed by atoms with van der Waals surface area (Å²) >= 11 is 0. The van der Waals surface area contributed by atoms with Gasteiger partial charge >= 0.3 is 5.97 Å². The summed E-state index contributed by atoms with van der Waals surface area (Å²) in [6, 6.07) is 5.44. The average molecular weight is 301 g/mol. The number of ether oxygens (including phenoxy) is 1. The third-order valence-corrected chi connectivity index (χ3v) is 5.06. The summed E-state index contributed by atoms with van der Waals surface area (Å²) in [4.78, 5) is 11.9. The van der Waals surface area contributed by atoms with Gasteiger partial charge in [0.25, 0.3) is 0 Å². The molecule has 0 spiro atoms. The highest BCUT2D eigenvalue weighted by atomic mass is 32.2. The van der Waals surface area contributed by atoms with Crippen LogP contribution in [0.25, 0.3) is 0 Å². The van der Waals surface area contributed by atoms with Crippen LogP contribution < -0.4 is 5.73 Å². The molecule has 0 bridgehead atoms. The summed E-state index contributed by atoms with van der Waals surface area (Å²) in [6.07, 6.45) is 1.01. The molecular formula is C13H16FNO4S. The molecule has 1 aliphatic carbocycles. The number of hydrogen-bond acceptors (Lipinski definition) is 5. The molecule has 20 heavy (non-hydrogen) atoms. The molecular weight excluding hydrogens is 285 g/mol. The number of halogens is 1. The number of nitrogens with two attached hydrogens (primary N) is 1. The Morgan fingerprint density at radius 2 is 2.15 bits per heavy atom. The Kier molecular flexibility index (Phi) is 3.60. The zero-order chi connectivity index (χ0) is 15.1. The number of benzene rings is 1. The van der Waals surface area contributed by atoms with E-state index >= 15 is 0 Å². The van der Waals surface area contributed by atoms with Crippen molar-refractivity contribution < 1.29 is 22.3 Å². The molecule has 0 unspecified atom stereocenters. The molecule has 0 heterocycles. The van der Waals surface area contributed by atoms with Gasteiger partial charge in [0, 0.05) is 12.2 Å². The number of rotatable bonds is 4. The fourth-order valence-electron chi connectivity index (χ4n) is 2.63. The van der Waals surface area contributed by atoms with Crippen LogP contribution in [0.1, 0.15) is 18.4 Å². The van der Waals surface area contributed by atoms with Gasteiger partial charge in [0.05, 0.1) is 11.9 Å². The van der Waals surface area contributed by atoms with Crippen molar-refractivity contribution in [1.82, 2.24) is 0 Å². The maximum Gasteiger partial charge on any atom is 0.328 e. The standard InChI is InChI=1S/C13H16FNO4S/c1-3-19-12(16)13(15)10(11(13)20(2,17)18)8-5-4-6-9(14)7-8/h4-7,10-11H,3,15H2,1-2H3/t10-,11-,13+/m0/s1. The summed E-state index contributed by atoms with van der Waals surface area (Å²) in [5.74, 6) is -2.07. The Morgan fingerprint density at radius 1 is 1.50 bits per heavy atom. The fraction of sp³-hybridized carbons (Fsp3) is 0.462. The summed E-state index contributed by atoms with van der Waals surface area (Å²) < 4.78 is 41.7. The molecule has 3 atom stereocenters. The van der Waals surface area contributed by atoms with Crippen LogP contribution in [0.2, 0.25) is 0 Å². The molecule has 0 saturated heterocycles. The minimum atomic E-state index is -3.56. The van der Waals surface area contributed by atoms with E-state index in [2.05, 4.69) is 0 Å². The lowest BCUT2D eigenvalue weighted by Gasteiger charge is -2.10. The van der Waals surface area contributed by atoms with Gasteiger partial charge in [-0.25, -0.2) is 17.6 Å². The topological polar surface area (TPSA) is 86.5 Å². The summed E-state index contributed by atoms with van der Waals surface area (Å²) in [7, 11) is -3.56. The molecule has 0 aliphatic heterocycles. The molecule has 2 N–H and O–H groups in total. The summed E-state index contributed by atoms with van der Waals surface area (Å²) in [5.41, 5.74) is 4.70. The fourth-order valence-corrected chi connectivity index (χ4v) is 4.37. The number of carbonyl (C=O) groups excluding carboxylic acids is 1. The monoisotopic (exact) mass is 301 g/mol. The maximum absolute atomic E-state index is 13.3. The lowest BCUT2D eigenvalue weighted by molar-refractivity contribution is -0.145. The smallest absolute Gasteiger partial charge is 0.328 e. The van der Waals surface area contributed by atoms with Crippen molar-refractivity contribution >= 4 is 15.8 Å². The van der Waals surface area contributed by atoms with E-state index in [0.717, 1.165) is 6.26 Å². The summed E-state index contributed by atoms with van der Waals surface area (Å²) in [6.45, 7) is 1.71. The van der Waals surface area contributed by atoms with Crippen molar-refractivity contribution in [2.45, 2.75) is 23.6 Å². The zero-order valence-corrected chi connectivity index (χ0v) is 12.0. The van der Waals surface area contributed by atoms with Gasteiger partial charge in [-0.05, 0) is 24.6 Å². The lowest BCUT2D eigenvalue weighted by Crippen LogP contribution is -2.41. The molecule has 2 rings (SSSR count). The minimum absolute atomic E-state index is 0.101. The first-order chi connectivity index (χ1) is 9.22. The predicted molar refractivity (Wildman–Crippen MR) is 71.3 cm³/mol. The highest BCUT2D eigenvalue weighted by Gasteiger charge is 2.73. The van der Waals surface area contributed by atoms with Crippen molar-refractivity contribution in [1.29, 1.82) is 0 Å². The van der Waals surface area contributed by atoms with E-state index in [0.29, 0.717) is 5.56 Å². The average Bonchev–Trinajstić information content (AvgIpc) is 2.98. The third kappa shape index (κ3) is 2.31. The third-order valence-electron chi connectivity index (χ3n) is 3.48. The molecule has 1 aliphatic rings. The van der Waals surface area contributed by atoms with Gasteiger partial charge in [-0.1, -0.05) is 12.1 Å². The minimum Gasteiger partial charge on any atom is -0.465 e. The van der Waals surface area contributed by atoms with Gasteiger partial charge in [0.2, 0.25) is 0 Å². The first-order valence-corrected chi connectivity index (χ1v) is 8.08. The van der Waals surface area contributed by atoms with E-state index in [4.69, 9.17) is 10.5 Å². The Morgan fingerprint density at radius 3 is 2.65 bits per heavy atom. The number of sulfone groups is 1. The van der Waals surface area contributed by atoms with E-state index in [1.165, 1.54) is 18.2 Å². The number of esters is 1. The molecule has 0 amide bonds. The first kappa shape index (κ1) is 14.9. The molecule has 0 aromatic heterocycles. The Labute approximate surface area is 116 Å². The molecule has 1 saturated carbocycles. The predicted octanol–water partition coefficient (Wildman–Crippen LogP) is 0.597. The molecule has 5 nitrogen and oxygen atoms in total. The quantitative estimate of drug-likeness (QED) is 0.823. The molecule has 1 fully saturated rings. The van der Waals surface area contributed by atoms with E-state index in [1.54, 1.807) is 13.0 Å². The van der Waals surface area contributed by atoms with E-state index in [-0.39, 0.29) is 6.61 Å². The van der Waals surface area contributed by atoms with Gasteiger partial charge in [0.15, 0.2) is 9.84 Å².